The minimum Gasteiger partial charge on any atom is -0.476 e. The Morgan fingerprint density at radius 2 is 2.33 bits per heavy atom. The molecule has 2 aromatic heterocycles. The lowest BCUT2D eigenvalue weighted by Gasteiger charge is -2.03. The van der Waals surface area contributed by atoms with E-state index in [1.165, 1.54) is 4.68 Å². The Hall–Kier alpha value is -2.22. The number of aromatic nitrogens is 5. The SMILES string of the molecule is Cn1ccc(Cn2nnc(C(=O)O)c2CCN)n1. The van der Waals surface area contributed by atoms with Crippen LogP contribution in [0.4, 0.5) is 0 Å². The third kappa shape index (κ3) is 2.38. The van der Waals surface area contributed by atoms with Crippen LogP contribution in [0.3, 0.4) is 0 Å². The summed E-state index contributed by atoms with van der Waals surface area (Å²) in [4.78, 5) is 11.0. The van der Waals surface area contributed by atoms with Crippen LogP contribution in [0, 0.1) is 0 Å². The number of carboxylic acids is 1. The second-order valence-corrected chi connectivity index (χ2v) is 3.87. The van der Waals surface area contributed by atoms with Crippen molar-refractivity contribution in [3.63, 3.8) is 0 Å². The number of carbonyl (C=O) groups is 1. The van der Waals surface area contributed by atoms with E-state index < -0.39 is 5.97 Å². The normalized spacial score (nSPS) is 10.8. The smallest absolute Gasteiger partial charge is 0.358 e. The number of aryl methyl sites for hydroxylation is 1. The summed E-state index contributed by atoms with van der Waals surface area (Å²) >= 11 is 0. The zero-order chi connectivity index (χ0) is 13.1. The summed E-state index contributed by atoms with van der Waals surface area (Å²) in [6.45, 7) is 0.728. The van der Waals surface area contributed by atoms with Crippen molar-refractivity contribution in [1.82, 2.24) is 24.8 Å². The lowest BCUT2D eigenvalue weighted by atomic mass is 10.2. The van der Waals surface area contributed by atoms with E-state index in [0.717, 1.165) is 5.69 Å². The van der Waals surface area contributed by atoms with Gasteiger partial charge in [-0.2, -0.15) is 5.10 Å². The van der Waals surface area contributed by atoms with Gasteiger partial charge in [0.25, 0.3) is 0 Å². The van der Waals surface area contributed by atoms with Crippen LogP contribution in [-0.4, -0.2) is 42.4 Å². The molecule has 96 valence electrons. The van der Waals surface area contributed by atoms with Crippen molar-refractivity contribution >= 4 is 5.97 Å². The second-order valence-electron chi connectivity index (χ2n) is 3.87. The molecule has 0 amide bonds. The molecule has 0 saturated heterocycles. The average molecular weight is 250 g/mol. The molecular formula is C10H14N6O2. The number of hydrogen-bond donors (Lipinski definition) is 2. The average Bonchev–Trinajstić information content (AvgIpc) is 2.88. The van der Waals surface area contributed by atoms with Gasteiger partial charge in [-0.25, -0.2) is 9.48 Å². The van der Waals surface area contributed by atoms with Gasteiger partial charge in [-0.3, -0.25) is 4.68 Å². The summed E-state index contributed by atoms with van der Waals surface area (Å²) in [6, 6.07) is 1.84. The Morgan fingerprint density at radius 3 is 2.89 bits per heavy atom. The van der Waals surface area contributed by atoms with Crippen molar-refractivity contribution in [2.45, 2.75) is 13.0 Å². The molecule has 3 N–H and O–H groups in total. The van der Waals surface area contributed by atoms with Gasteiger partial charge in [0.05, 0.1) is 17.9 Å². The molecule has 0 fully saturated rings. The summed E-state index contributed by atoms with van der Waals surface area (Å²) < 4.78 is 3.20. The van der Waals surface area contributed by atoms with E-state index in [-0.39, 0.29) is 5.69 Å². The monoisotopic (exact) mass is 250 g/mol. The van der Waals surface area contributed by atoms with Crippen LogP contribution in [0.2, 0.25) is 0 Å². The number of carboxylic acid groups (broad SMARTS) is 1. The van der Waals surface area contributed by atoms with Crippen molar-refractivity contribution < 1.29 is 9.90 Å². The highest BCUT2D eigenvalue weighted by molar-refractivity contribution is 5.86. The number of rotatable bonds is 5. The molecule has 0 unspecified atom stereocenters. The van der Waals surface area contributed by atoms with Gasteiger partial charge < -0.3 is 10.8 Å². The first-order valence-corrected chi connectivity index (χ1v) is 5.46. The summed E-state index contributed by atoms with van der Waals surface area (Å²) in [7, 11) is 1.81. The van der Waals surface area contributed by atoms with Crippen LogP contribution in [0.15, 0.2) is 12.3 Å². The third-order valence-electron chi connectivity index (χ3n) is 2.50. The van der Waals surface area contributed by atoms with Crippen molar-refractivity contribution in [3.8, 4) is 0 Å². The molecule has 2 aromatic rings. The van der Waals surface area contributed by atoms with Crippen LogP contribution in [-0.2, 0) is 20.0 Å². The number of nitrogens with two attached hydrogens (primary N) is 1. The van der Waals surface area contributed by atoms with Gasteiger partial charge in [0.2, 0.25) is 0 Å². The van der Waals surface area contributed by atoms with Gasteiger partial charge in [-0.1, -0.05) is 5.21 Å². The summed E-state index contributed by atoms with van der Waals surface area (Å²) in [5, 5.41) is 20.7. The summed E-state index contributed by atoms with van der Waals surface area (Å²) in [6.07, 6.45) is 2.23. The van der Waals surface area contributed by atoms with Crippen molar-refractivity contribution in [1.29, 1.82) is 0 Å². The topological polar surface area (TPSA) is 112 Å². The van der Waals surface area contributed by atoms with Gasteiger partial charge >= 0.3 is 5.97 Å². The Balaban J connectivity index is 2.29. The highest BCUT2D eigenvalue weighted by atomic mass is 16.4. The van der Waals surface area contributed by atoms with Gasteiger partial charge in [-0.05, 0) is 12.6 Å². The zero-order valence-electron chi connectivity index (χ0n) is 9.94. The molecule has 0 spiro atoms. The standard InChI is InChI=1S/C10H14N6O2/c1-15-5-3-7(13-15)6-16-8(2-4-11)9(10(17)18)12-14-16/h3,5H,2,4,6,11H2,1H3,(H,17,18). The highest BCUT2D eigenvalue weighted by Crippen LogP contribution is 2.08. The van der Waals surface area contributed by atoms with Crippen molar-refractivity contribution in [3.05, 3.63) is 29.3 Å². The molecule has 0 aliphatic carbocycles. The van der Waals surface area contributed by atoms with E-state index in [2.05, 4.69) is 15.4 Å². The first-order chi connectivity index (χ1) is 8.61. The first kappa shape index (κ1) is 12.2. The largest absolute Gasteiger partial charge is 0.476 e. The zero-order valence-corrected chi connectivity index (χ0v) is 9.94. The minimum atomic E-state index is -1.09. The third-order valence-corrected chi connectivity index (χ3v) is 2.50. The van der Waals surface area contributed by atoms with Gasteiger partial charge in [0.1, 0.15) is 0 Å². The molecular weight excluding hydrogens is 236 g/mol. The highest BCUT2D eigenvalue weighted by Gasteiger charge is 2.18. The number of nitrogens with zero attached hydrogens (tertiary/aromatic N) is 5. The van der Waals surface area contributed by atoms with Crippen LogP contribution in [0.5, 0.6) is 0 Å². The molecule has 8 heteroatoms. The van der Waals surface area contributed by atoms with Crippen LogP contribution >= 0.6 is 0 Å². The fraction of sp³-hybridized carbons (Fsp3) is 0.400. The van der Waals surface area contributed by atoms with Gasteiger partial charge in [0.15, 0.2) is 5.69 Å². The van der Waals surface area contributed by atoms with Gasteiger partial charge in [-0.15, -0.1) is 5.10 Å². The fourth-order valence-corrected chi connectivity index (χ4v) is 1.71. The second kappa shape index (κ2) is 4.96. The molecule has 0 saturated carbocycles. The van der Waals surface area contributed by atoms with E-state index in [1.807, 2.05) is 19.3 Å². The maximum atomic E-state index is 11.0. The molecule has 18 heavy (non-hydrogen) atoms. The predicted octanol–water partition coefficient (Wildman–Crippen LogP) is -0.741. The molecule has 0 aliphatic rings. The molecule has 0 aliphatic heterocycles. The Morgan fingerprint density at radius 1 is 1.56 bits per heavy atom. The molecule has 0 aromatic carbocycles. The van der Waals surface area contributed by atoms with Crippen LogP contribution in [0.25, 0.3) is 0 Å². The molecule has 2 rings (SSSR count). The predicted molar refractivity (Wildman–Crippen MR) is 62.0 cm³/mol. The van der Waals surface area contributed by atoms with E-state index in [0.29, 0.717) is 25.2 Å². The van der Waals surface area contributed by atoms with Crippen LogP contribution in [0.1, 0.15) is 21.9 Å². The van der Waals surface area contributed by atoms with E-state index in [1.54, 1.807) is 4.68 Å². The first-order valence-electron chi connectivity index (χ1n) is 5.46. The van der Waals surface area contributed by atoms with Crippen molar-refractivity contribution in [2.24, 2.45) is 12.8 Å². The van der Waals surface area contributed by atoms with E-state index in [4.69, 9.17) is 10.8 Å². The summed E-state index contributed by atoms with van der Waals surface area (Å²) in [5.41, 5.74) is 6.74. The quantitative estimate of drug-likeness (QED) is 0.722. The molecule has 0 atom stereocenters. The minimum absolute atomic E-state index is 0.0450. The maximum Gasteiger partial charge on any atom is 0.358 e. The molecule has 0 bridgehead atoms. The van der Waals surface area contributed by atoms with E-state index in [9.17, 15) is 4.79 Å². The fourth-order valence-electron chi connectivity index (χ4n) is 1.71. The molecule has 8 nitrogen and oxygen atoms in total. The summed E-state index contributed by atoms with van der Waals surface area (Å²) in [5.74, 6) is -1.09. The molecule has 0 radical (unpaired) electrons. The lowest BCUT2D eigenvalue weighted by molar-refractivity contribution is 0.0689. The maximum absolute atomic E-state index is 11.0. The Kier molecular flexibility index (Phi) is 3.38. The van der Waals surface area contributed by atoms with E-state index >= 15 is 0 Å². The lowest BCUT2D eigenvalue weighted by Crippen LogP contribution is -2.14. The number of hydrogen-bond acceptors (Lipinski definition) is 5. The number of aromatic carboxylic acids is 1. The van der Waals surface area contributed by atoms with Gasteiger partial charge in [0, 0.05) is 19.7 Å². The van der Waals surface area contributed by atoms with Crippen LogP contribution < -0.4 is 5.73 Å². The van der Waals surface area contributed by atoms with Crippen molar-refractivity contribution in [2.75, 3.05) is 6.54 Å². The molecule has 2 heterocycles. The Labute approximate surface area is 103 Å². The Bertz CT molecular complexity index is 558.